The molecule has 2 aromatic carbocycles. The van der Waals surface area contributed by atoms with Crippen LogP contribution in [0.15, 0.2) is 54.9 Å². The van der Waals surface area contributed by atoms with Gasteiger partial charge in [-0.1, -0.05) is 6.07 Å². The fourth-order valence-electron chi connectivity index (χ4n) is 2.69. The monoisotopic (exact) mass is 305 g/mol. The van der Waals surface area contributed by atoms with Crippen LogP contribution in [0.5, 0.6) is 5.75 Å². The first-order valence-corrected chi connectivity index (χ1v) is 7.18. The normalized spacial score (nSPS) is 11.0. The number of aromatic nitrogens is 4. The molecule has 23 heavy (non-hydrogen) atoms. The van der Waals surface area contributed by atoms with Gasteiger partial charge in [0.05, 0.1) is 18.3 Å². The maximum absolute atomic E-state index is 5.92. The van der Waals surface area contributed by atoms with Crippen molar-refractivity contribution in [1.29, 1.82) is 0 Å². The third-order valence-corrected chi connectivity index (χ3v) is 3.86. The summed E-state index contributed by atoms with van der Waals surface area (Å²) in [6, 6.07) is 13.9. The second-order valence-corrected chi connectivity index (χ2v) is 5.20. The third-order valence-electron chi connectivity index (χ3n) is 3.86. The van der Waals surface area contributed by atoms with E-state index < -0.39 is 0 Å². The molecule has 0 aliphatic carbocycles. The summed E-state index contributed by atoms with van der Waals surface area (Å²) < 4.78 is 7.16. The van der Waals surface area contributed by atoms with Gasteiger partial charge in [-0.25, -0.2) is 4.68 Å². The topological polar surface area (TPSA) is 81.7 Å². The SMILES string of the molecule is COc1ccc(-c2ccc3[nH]nc(N)c3c2)c(-n2cccn2)c1. The molecule has 114 valence electrons. The fraction of sp³-hybridized carbons (Fsp3) is 0.0588. The van der Waals surface area contributed by atoms with E-state index in [2.05, 4.69) is 15.3 Å². The number of anilines is 1. The molecule has 6 nitrogen and oxygen atoms in total. The minimum Gasteiger partial charge on any atom is -0.497 e. The van der Waals surface area contributed by atoms with Crippen molar-refractivity contribution in [3.63, 3.8) is 0 Å². The van der Waals surface area contributed by atoms with Gasteiger partial charge in [-0.15, -0.1) is 0 Å². The first-order valence-electron chi connectivity index (χ1n) is 7.18. The van der Waals surface area contributed by atoms with Crippen molar-refractivity contribution in [3.05, 3.63) is 54.9 Å². The molecule has 0 amide bonds. The molecule has 0 radical (unpaired) electrons. The number of nitrogens with two attached hydrogens (primary N) is 1. The van der Waals surface area contributed by atoms with Gasteiger partial charge >= 0.3 is 0 Å². The van der Waals surface area contributed by atoms with Gasteiger partial charge < -0.3 is 10.5 Å². The number of hydrogen-bond acceptors (Lipinski definition) is 4. The summed E-state index contributed by atoms with van der Waals surface area (Å²) in [6.45, 7) is 0. The standard InChI is InChI=1S/C17H15N5O/c1-23-12-4-5-13(16(10-12)22-8-2-7-19-22)11-3-6-15-14(9-11)17(18)21-20-15/h2-10H,1H3,(H3,18,20,21). The van der Waals surface area contributed by atoms with Crippen LogP contribution in [-0.2, 0) is 0 Å². The predicted molar refractivity (Wildman–Crippen MR) is 89.6 cm³/mol. The summed E-state index contributed by atoms with van der Waals surface area (Å²) in [6.07, 6.45) is 3.66. The van der Waals surface area contributed by atoms with E-state index in [9.17, 15) is 0 Å². The lowest BCUT2D eigenvalue weighted by Gasteiger charge is -2.12. The molecule has 4 rings (SSSR count). The van der Waals surface area contributed by atoms with E-state index in [4.69, 9.17) is 10.5 Å². The maximum atomic E-state index is 5.92. The smallest absolute Gasteiger partial charge is 0.153 e. The van der Waals surface area contributed by atoms with Gasteiger partial charge in [0.2, 0.25) is 0 Å². The van der Waals surface area contributed by atoms with Crippen LogP contribution in [0, 0.1) is 0 Å². The molecule has 2 heterocycles. The Balaban J connectivity index is 1.94. The van der Waals surface area contributed by atoms with Crippen LogP contribution >= 0.6 is 0 Å². The Morgan fingerprint density at radius 2 is 2.09 bits per heavy atom. The van der Waals surface area contributed by atoms with Crippen LogP contribution in [0.25, 0.3) is 27.7 Å². The summed E-state index contributed by atoms with van der Waals surface area (Å²) in [4.78, 5) is 0. The van der Waals surface area contributed by atoms with Crippen LogP contribution in [0.4, 0.5) is 5.82 Å². The number of benzene rings is 2. The van der Waals surface area contributed by atoms with Gasteiger partial charge in [0.25, 0.3) is 0 Å². The minimum absolute atomic E-state index is 0.496. The number of nitrogen functional groups attached to an aromatic ring is 1. The van der Waals surface area contributed by atoms with Crippen molar-refractivity contribution in [2.75, 3.05) is 12.8 Å². The first kappa shape index (κ1) is 13.4. The van der Waals surface area contributed by atoms with E-state index >= 15 is 0 Å². The van der Waals surface area contributed by atoms with Gasteiger partial charge in [0.1, 0.15) is 5.75 Å². The predicted octanol–water partition coefficient (Wildman–Crippen LogP) is 3.01. The molecule has 0 saturated heterocycles. The summed E-state index contributed by atoms with van der Waals surface area (Å²) in [5.74, 6) is 1.28. The van der Waals surface area contributed by atoms with E-state index in [1.165, 1.54) is 0 Å². The molecule has 0 spiro atoms. The quantitative estimate of drug-likeness (QED) is 0.609. The van der Waals surface area contributed by atoms with Crippen LogP contribution in [0.1, 0.15) is 0 Å². The lowest BCUT2D eigenvalue weighted by molar-refractivity contribution is 0.414. The van der Waals surface area contributed by atoms with E-state index in [1.54, 1.807) is 13.3 Å². The molecule has 4 aromatic rings. The summed E-state index contributed by atoms with van der Waals surface area (Å²) >= 11 is 0. The molecule has 0 saturated carbocycles. The van der Waals surface area contributed by atoms with Crippen LogP contribution < -0.4 is 10.5 Å². The highest BCUT2D eigenvalue weighted by Gasteiger charge is 2.11. The Morgan fingerprint density at radius 3 is 2.87 bits per heavy atom. The minimum atomic E-state index is 0.496. The highest BCUT2D eigenvalue weighted by molar-refractivity contribution is 5.93. The third kappa shape index (κ3) is 2.20. The van der Waals surface area contributed by atoms with Gasteiger partial charge in [-0.2, -0.15) is 10.2 Å². The largest absolute Gasteiger partial charge is 0.497 e. The summed E-state index contributed by atoms with van der Waals surface area (Å²) in [5, 5.41) is 12.2. The number of ether oxygens (including phenoxy) is 1. The molecular formula is C17H15N5O. The highest BCUT2D eigenvalue weighted by Crippen LogP contribution is 2.32. The first-order chi connectivity index (χ1) is 11.3. The van der Waals surface area contributed by atoms with Gasteiger partial charge in [-0.05, 0) is 35.9 Å². The maximum Gasteiger partial charge on any atom is 0.153 e. The Morgan fingerprint density at radius 1 is 1.17 bits per heavy atom. The zero-order valence-corrected chi connectivity index (χ0v) is 12.5. The number of aromatic amines is 1. The van der Waals surface area contributed by atoms with E-state index in [1.807, 2.05) is 53.3 Å². The highest BCUT2D eigenvalue weighted by atomic mass is 16.5. The number of rotatable bonds is 3. The summed E-state index contributed by atoms with van der Waals surface area (Å²) in [7, 11) is 1.65. The Hall–Kier alpha value is -3.28. The second-order valence-electron chi connectivity index (χ2n) is 5.20. The molecule has 0 unspecified atom stereocenters. The summed E-state index contributed by atoms with van der Waals surface area (Å²) in [5.41, 5.74) is 9.86. The molecule has 0 aliphatic heterocycles. The average Bonchev–Trinajstić information content (AvgIpc) is 3.24. The number of fused-ring (bicyclic) bond motifs is 1. The second kappa shape index (κ2) is 5.17. The number of nitrogens with zero attached hydrogens (tertiary/aromatic N) is 3. The zero-order chi connectivity index (χ0) is 15.8. The number of H-pyrrole nitrogens is 1. The fourth-order valence-corrected chi connectivity index (χ4v) is 2.69. The van der Waals surface area contributed by atoms with Crippen molar-refractivity contribution < 1.29 is 4.74 Å². The number of hydrogen-bond donors (Lipinski definition) is 2. The molecule has 0 bridgehead atoms. The molecule has 0 atom stereocenters. The Kier molecular flexibility index (Phi) is 3.01. The molecular weight excluding hydrogens is 290 g/mol. The van der Waals surface area contributed by atoms with Crippen LogP contribution in [0.3, 0.4) is 0 Å². The molecule has 6 heteroatoms. The number of methoxy groups -OCH3 is 1. The van der Waals surface area contributed by atoms with Crippen molar-refractivity contribution in [2.45, 2.75) is 0 Å². The van der Waals surface area contributed by atoms with E-state index in [-0.39, 0.29) is 0 Å². The van der Waals surface area contributed by atoms with Gasteiger partial charge in [-0.3, -0.25) is 5.10 Å². The zero-order valence-electron chi connectivity index (χ0n) is 12.5. The molecule has 2 aromatic heterocycles. The molecule has 0 fully saturated rings. The lowest BCUT2D eigenvalue weighted by atomic mass is 10.0. The van der Waals surface area contributed by atoms with Gasteiger partial charge in [0.15, 0.2) is 5.82 Å². The van der Waals surface area contributed by atoms with Crippen LogP contribution in [0.2, 0.25) is 0 Å². The van der Waals surface area contributed by atoms with Crippen molar-refractivity contribution in [3.8, 4) is 22.6 Å². The molecule has 3 N–H and O–H groups in total. The average molecular weight is 305 g/mol. The Bertz CT molecular complexity index is 972. The Labute approximate surface area is 132 Å². The van der Waals surface area contributed by atoms with Crippen LogP contribution in [-0.4, -0.2) is 27.1 Å². The molecule has 0 aliphatic rings. The lowest BCUT2D eigenvalue weighted by Crippen LogP contribution is -1.98. The number of nitrogens with one attached hydrogen (secondary N) is 1. The van der Waals surface area contributed by atoms with Gasteiger partial charge in [0, 0.05) is 29.4 Å². The van der Waals surface area contributed by atoms with Crippen molar-refractivity contribution in [2.24, 2.45) is 0 Å². The van der Waals surface area contributed by atoms with E-state index in [0.717, 1.165) is 33.5 Å². The van der Waals surface area contributed by atoms with E-state index in [0.29, 0.717) is 5.82 Å². The van der Waals surface area contributed by atoms with Crippen molar-refractivity contribution >= 4 is 16.7 Å². The van der Waals surface area contributed by atoms with Crippen molar-refractivity contribution in [1.82, 2.24) is 20.0 Å².